The van der Waals surface area contributed by atoms with Gasteiger partial charge in [0.2, 0.25) is 5.82 Å². The van der Waals surface area contributed by atoms with Crippen LogP contribution in [0.3, 0.4) is 0 Å². The molecule has 0 aliphatic carbocycles. The van der Waals surface area contributed by atoms with E-state index in [1.54, 1.807) is 6.07 Å². The van der Waals surface area contributed by atoms with Gasteiger partial charge >= 0.3 is 5.97 Å². The normalized spacial score (nSPS) is 17.3. The summed E-state index contributed by atoms with van der Waals surface area (Å²) in [5.74, 6) is -0.341. The molecule has 5 heteroatoms. The first-order valence-electron chi connectivity index (χ1n) is 4.92. The van der Waals surface area contributed by atoms with Crippen LogP contribution in [0.2, 0.25) is 0 Å². The minimum absolute atomic E-state index is 0.0601. The van der Waals surface area contributed by atoms with Gasteiger partial charge in [-0.2, -0.15) is 0 Å². The first-order chi connectivity index (χ1) is 7.36. The van der Waals surface area contributed by atoms with Crippen molar-refractivity contribution >= 4 is 5.97 Å². The molecule has 0 saturated carbocycles. The Bertz CT molecular complexity index is 323. The van der Waals surface area contributed by atoms with E-state index in [0.717, 1.165) is 12.8 Å². The Morgan fingerprint density at radius 3 is 2.67 bits per heavy atom. The molecule has 0 aromatic carbocycles. The summed E-state index contributed by atoms with van der Waals surface area (Å²) in [7, 11) is 0. The molecule has 15 heavy (non-hydrogen) atoms. The molecule has 1 aliphatic rings. The fourth-order valence-corrected chi connectivity index (χ4v) is 1.40. The lowest BCUT2D eigenvalue weighted by molar-refractivity contribution is -0.0167. The van der Waals surface area contributed by atoms with Gasteiger partial charge in [0.1, 0.15) is 6.10 Å². The number of rotatable bonds is 2. The van der Waals surface area contributed by atoms with Crippen molar-refractivity contribution in [2.75, 3.05) is 13.2 Å². The van der Waals surface area contributed by atoms with Gasteiger partial charge in [-0.25, -0.2) is 14.8 Å². The highest BCUT2D eigenvalue weighted by atomic mass is 16.6. The van der Waals surface area contributed by atoms with Crippen molar-refractivity contribution in [3.05, 3.63) is 24.3 Å². The topological polar surface area (TPSA) is 61.3 Å². The quantitative estimate of drug-likeness (QED) is 0.673. The van der Waals surface area contributed by atoms with E-state index in [0.29, 0.717) is 13.2 Å². The molecule has 5 nitrogen and oxygen atoms in total. The summed E-state index contributed by atoms with van der Waals surface area (Å²) in [5.41, 5.74) is 0. The Kier molecular flexibility index (Phi) is 3.24. The lowest BCUT2D eigenvalue weighted by Crippen LogP contribution is -2.26. The van der Waals surface area contributed by atoms with Gasteiger partial charge in [-0.3, -0.25) is 0 Å². The Hall–Kier alpha value is -1.49. The molecule has 0 radical (unpaired) electrons. The van der Waals surface area contributed by atoms with Gasteiger partial charge in [0.25, 0.3) is 0 Å². The molecule has 0 atom stereocenters. The van der Waals surface area contributed by atoms with Crippen molar-refractivity contribution < 1.29 is 14.3 Å². The number of ether oxygens (including phenoxy) is 2. The van der Waals surface area contributed by atoms with E-state index in [1.165, 1.54) is 12.4 Å². The minimum atomic E-state index is -0.456. The molecule has 0 spiro atoms. The van der Waals surface area contributed by atoms with Gasteiger partial charge in [-0.15, -0.1) is 0 Å². The van der Waals surface area contributed by atoms with Crippen LogP contribution in [0.15, 0.2) is 18.5 Å². The summed E-state index contributed by atoms with van der Waals surface area (Å²) in [4.78, 5) is 19.2. The predicted octanol–water partition coefficient (Wildman–Crippen LogP) is 0.812. The van der Waals surface area contributed by atoms with Crippen LogP contribution in [0.1, 0.15) is 23.5 Å². The molecule has 1 aliphatic heterocycles. The number of nitrogens with zero attached hydrogens (tertiary/aromatic N) is 2. The molecule has 2 rings (SSSR count). The van der Waals surface area contributed by atoms with Crippen molar-refractivity contribution in [3.8, 4) is 0 Å². The second kappa shape index (κ2) is 4.84. The maximum absolute atomic E-state index is 11.5. The Morgan fingerprint density at radius 2 is 2.00 bits per heavy atom. The van der Waals surface area contributed by atoms with Crippen LogP contribution >= 0.6 is 0 Å². The summed E-state index contributed by atoms with van der Waals surface area (Å²) in [6.07, 6.45) is 4.48. The lowest BCUT2D eigenvalue weighted by atomic mass is 10.1. The lowest BCUT2D eigenvalue weighted by Gasteiger charge is -2.21. The third-order valence-electron chi connectivity index (χ3n) is 2.19. The van der Waals surface area contributed by atoms with Crippen molar-refractivity contribution in [3.63, 3.8) is 0 Å². The highest BCUT2D eigenvalue weighted by Crippen LogP contribution is 2.11. The largest absolute Gasteiger partial charge is 0.456 e. The molecule has 1 aromatic rings. The monoisotopic (exact) mass is 208 g/mol. The Balaban J connectivity index is 1.91. The van der Waals surface area contributed by atoms with Crippen molar-refractivity contribution in [1.29, 1.82) is 0 Å². The number of hydrogen-bond acceptors (Lipinski definition) is 5. The molecule has 1 saturated heterocycles. The average Bonchev–Trinajstić information content (AvgIpc) is 2.31. The third kappa shape index (κ3) is 2.73. The second-order valence-electron chi connectivity index (χ2n) is 3.29. The summed E-state index contributed by atoms with van der Waals surface area (Å²) < 4.78 is 10.4. The number of aromatic nitrogens is 2. The molecule has 2 heterocycles. The molecule has 0 N–H and O–H groups in total. The maximum Gasteiger partial charge on any atom is 0.376 e. The van der Waals surface area contributed by atoms with Crippen LogP contribution in [0.25, 0.3) is 0 Å². The Labute approximate surface area is 87.4 Å². The third-order valence-corrected chi connectivity index (χ3v) is 2.19. The van der Waals surface area contributed by atoms with Crippen LogP contribution in [-0.2, 0) is 9.47 Å². The first kappa shape index (κ1) is 10.0. The van der Waals surface area contributed by atoms with Crippen molar-refractivity contribution in [2.24, 2.45) is 0 Å². The standard InChI is InChI=1S/C10H12N2O3/c13-10(9-11-4-1-5-12-9)15-8-2-6-14-7-3-8/h1,4-5,8H,2-3,6-7H2. The Morgan fingerprint density at radius 1 is 1.33 bits per heavy atom. The molecule has 0 unspecified atom stereocenters. The van der Waals surface area contributed by atoms with Crippen LogP contribution in [-0.4, -0.2) is 35.3 Å². The fraction of sp³-hybridized carbons (Fsp3) is 0.500. The highest BCUT2D eigenvalue weighted by molar-refractivity contribution is 5.85. The molecular weight excluding hydrogens is 196 g/mol. The van der Waals surface area contributed by atoms with Gasteiger partial charge in [-0.05, 0) is 6.07 Å². The molecule has 0 bridgehead atoms. The number of carbonyl (C=O) groups is 1. The van der Waals surface area contributed by atoms with Gasteiger partial charge < -0.3 is 9.47 Å². The van der Waals surface area contributed by atoms with E-state index in [1.807, 2.05) is 0 Å². The molecule has 0 amide bonds. The van der Waals surface area contributed by atoms with E-state index in [4.69, 9.17) is 9.47 Å². The van der Waals surface area contributed by atoms with E-state index in [-0.39, 0.29) is 11.9 Å². The van der Waals surface area contributed by atoms with E-state index < -0.39 is 5.97 Å². The summed E-state index contributed by atoms with van der Waals surface area (Å²) >= 11 is 0. The fourth-order valence-electron chi connectivity index (χ4n) is 1.40. The van der Waals surface area contributed by atoms with Gasteiger partial charge in [0.15, 0.2) is 0 Å². The minimum Gasteiger partial charge on any atom is -0.456 e. The van der Waals surface area contributed by atoms with Gasteiger partial charge in [-0.1, -0.05) is 0 Å². The molecular formula is C10H12N2O3. The molecule has 1 aromatic heterocycles. The summed E-state index contributed by atoms with van der Waals surface area (Å²) in [6.45, 7) is 1.29. The summed E-state index contributed by atoms with van der Waals surface area (Å²) in [6, 6.07) is 1.66. The first-order valence-corrected chi connectivity index (χ1v) is 4.92. The zero-order valence-electron chi connectivity index (χ0n) is 8.26. The number of esters is 1. The highest BCUT2D eigenvalue weighted by Gasteiger charge is 2.20. The molecule has 80 valence electrons. The average molecular weight is 208 g/mol. The van der Waals surface area contributed by atoms with Crippen LogP contribution < -0.4 is 0 Å². The van der Waals surface area contributed by atoms with Crippen LogP contribution in [0.4, 0.5) is 0 Å². The van der Waals surface area contributed by atoms with Gasteiger partial charge in [0.05, 0.1) is 13.2 Å². The number of carbonyl (C=O) groups excluding carboxylic acids is 1. The number of hydrogen-bond donors (Lipinski definition) is 0. The maximum atomic E-state index is 11.5. The zero-order valence-corrected chi connectivity index (χ0v) is 8.26. The summed E-state index contributed by atoms with van der Waals surface area (Å²) in [5, 5.41) is 0. The van der Waals surface area contributed by atoms with Crippen molar-refractivity contribution in [1.82, 2.24) is 9.97 Å². The predicted molar refractivity (Wildman–Crippen MR) is 51.3 cm³/mol. The van der Waals surface area contributed by atoms with Crippen molar-refractivity contribution in [2.45, 2.75) is 18.9 Å². The van der Waals surface area contributed by atoms with Crippen LogP contribution in [0, 0.1) is 0 Å². The van der Waals surface area contributed by atoms with E-state index in [2.05, 4.69) is 9.97 Å². The van der Waals surface area contributed by atoms with Crippen LogP contribution in [0.5, 0.6) is 0 Å². The zero-order chi connectivity index (χ0) is 10.5. The second-order valence-corrected chi connectivity index (χ2v) is 3.29. The molecule has 1 fully saturated rings. The smallest absolute Gasteiger partial charge is 0.376 e. The SMILES string of the molecule is O=C(OC1CCOCC1)c1ncccn1. The van der Waals surface area contributed by atoms with E-state index in [9.17, 15) is 4.79 Å². The van der Waals surface area contributed by atoms with E-state index >= 15 is 0 Å². The van der Waals surface area contributed by atoms with Gasteiger partial charge in [0, 0.05) is 25.2 Å².